The van der Waals surface area contributed by atoms with Gasteiger partial charge >= 0.3 is 0 Å². The number of aromatic nitrogens is 2. The van der Waals surface area contributed by atoms with Gasteiger partial charge < -0.3 is 11.6 Å². The average molecular weight is 216 g/mol. The van der Waals surface area contributed by atoms with Crippen molar-refractivity contribution in [2.24, 2.45) is 0 Å². The van der Waals surface area contributed by atoms with Crippen LogP contribution in [0.5, 0.6) is 0 Å². The molecular weight excluding hydrogens is 200 g/mol. The molecule has 1 heterocycles. The van der Waals surface area contributed by atoms with Gasteiger partial charge in [-0.15, -0.1) is 0 Å². The summed E-state index contributed by atoms with van der Waals surface area (Å²) < 4.78 is 1.35. The molecule has 1 unspecified atom stereocenters. The van der Waals surface area contributed by atoms with E-state index in [9.17, 15) is 0 Å². The Morgan fingerprint density at radius 2 is 2.00 bits per heavy atom. The van der Waals surface area contributed by atoms with E-state index >= 15 is 0 Å². The number of hydrogen-bond acceptors (Lipinski definition) is 3. The van der Waals surface area contributed by atoms with E-state index in [1.54, 1.807) is 6.33 Å². The number of rotatable bonds is 3. The Hall–Kier alpha value is -1.97. The van der Waals surface area contributed by atoms with Crippen LogP contribution in [-0.4, -0.2) is 9.66 Å². The quantitative estimate of drug-likeness (QED) is 0.764. The third-order valence-electron chi connectivity index (χ3n) is 2.78. The molecule has 0 saturated carbocycles. The predicted octanol–water partition coefficient (Wildman–Crippen LogP) is 1.53. The van der Waals surface area contributed by atoms with Crippen molar-refractivity contribution in [1.82, 2.24) is 9.66 Å². The fourth-order valence-corrected chi connectivity index (χ4v) is 1.76. The van der Waals surface area contributed by atoms with Crippen molar-refractivity contribution in [1.29, 1.82) is 0 Å². The normalized spacial score (nSPS) is 12.6. The first-order valence-electron chi connectivity index (χ1n) is 5.30. The van der Waals surface area contributed by atoms with Crippen molar-refractivity contribution in [3.63, 3.8) is 0 Å². The van der Waals surface area contributed by atoms with Gasteiger partial charge in [-0.2, -0.15) is 0 Å². The monoisotopic (exact) mass is 216 g/mol. The lowest BCUT2D eigenvalue weighted by Gasteiger charge is -2.10. The summed E-state index contributed by atoms with van der Waals surface area (Å²) in [5.74, 6) is 6.52. The number of imidazole rings is 1. The van der Waals surface area contributed by atoms with Crippen molar-refractivity contribution in [3.05, 3.63) is 47.9 Å². The van der Waals surface area contributed by atoms with Crippen LogP contribution < -0.4 is 11.6 Å². The highest BCUT2D eigenvalue weighted by atomic mass is 15.3. The minimum atomic E-state index is 0.387. The highest BCUT2D eigenvalue weighted by molar-refractivity contribution is 5.37. The summed E-state index contributed by atoms with van der Waals surface area (Å²) in [4.78, 5) is 4.19. The van der Waals surface area contributed by atoms with Gasteiger partial charge in [-0.1, -0.05) is 37.3 Å². The first-order chi connectivity index (χ1) is 7.68. The summed E-state index contributed by atoms with van der Waals surface area (Å²) >= 11 is 0. The maximum absolute atomic E-state index is 5.80. The Labute approximate surface area is 94.9 Å². The molecule has 16 heavy (non-hydrogen) atoms. The SMILES string of the molecule is CC(Cc1ncn(N)c1N)c1ccccc1. The van der Waals surface area contributed by atoms with Crippen LogP contribution in [0.3, 0.4) is 0 Å². The maximum atomic E-state index is 5.80. The van der Waals surface area contributed by atoms with Crippen LogP contribution in [0.25, 0.3) is 0 Å². The highest BCUT2D eigenvalue weighted by Gasteiger charge is 2.11. The van der Waals surface area contributed by atoms with Gasteiger partial charge in [-0.3, -0.25) is 0 Å². The van der Waals surface area contributed by atoms with Gasteiger partial charge in [-0.05, 0) is 11.5 Å². The summed E-state index contributed by atoms with van der Waals surface area (Å²) in [6.45, 7) is 2.16. The van der Waals surface area contributed by atoms with Crippen molar-refractivity contribution >= 4 is 5.82 Å². The van der Waals surface area contributed by atoms with E-state index in [1.165, 1.54) is 10.2 Å². The minimum absolute atomic E-state index is 0.387. The smallest absolute Gasteiger partial charge is 0.145 e. The second-order valence-corrected chi connectivity index (χ2v) is 4.00. The lowest BCUT2D eigenvalue weighted by atomic mass is 9.96. The van der Waals surface area contributed by atoms with Crippen molar-refractivity contribution in [2.75, 3.05) is 11.6 Å². The van der Waals surface area contributed by atoms with Crippen LogP contribution in [0.15, 0.2) is 36.7 Å². The Morgan fingerprint density at radius 1 is 1.31 bits per heavy atom. The van der Waals surface area contributed by atoms with Gasteiger partial charge in [0, 0.05) is 6.42 Å². The number of benzene rings is 1. The van der Waals surface area contributed by atoms with Crippen molar-refractivity contribution in [3.8, 4) is 0 Å². The van der Waals surface area contributed by atoms with Gasteiger partial charge in [0.15, 0.2) is 0 Å². The predicted molar refractivity (Wildman–Crippen MR) is 65.4 cm³/mol. The Balaban J connectivity index is 2.14. The van der Waals surface area contributed by atoms with Crippen LogP contribution in [-0.2, 0) is 6.42 Å². The molecule has 1 aromatic carbocycles. The maximum Gasteiger partial charge on any atom is 0.145 e. The second-order valence-electron chi connectivity index (χ2n) is 4.00. The fourth-order valence-electron chi connectivity index (χ4n) is 1.76. The molecule has 84 valence electrons. The van der Waals surface area contributed by atoms with Gasteiger partial charge in [0.05, 0.1) is 5.69 Å². The first kappa shape index (κ1) is 10.5. The van der Waals surface area contributed by atoms with Gasteiger partial charge in [0.1, 0.15) is 12.1 Å². The molecular formula is C12H16N4. The van der Waals surface area contributed by atoms with Crippen LogP contribution in [0, 0.1) is 0 Å². The van der Waals surface area contributed by atoms with E-state index in [0.29, 0.717) is 11.7 Å². The van der Waals surface area contributed by atoms with Crippen LogP contribution in [0.1, 0.15) is 24.1 Å². The molecule has 0 saturated heterocycles. The van der Waals surface area contributed by atoms with Crippen molar-refractivity contribution in [2.45, 2.75) is 19.3 Å². The highest BCUT2D eigenvalue weighted by Crippen LogP contribution is 2.21. The van der Waals surface area contributed by atoms with Gasteiger partial charge in [0.25, 0.3) is 0 Å². The fraction of sp³-hybridized carbons (Fsp3) is 0.250. The van der Waals surface area contributed by atoms with Crippen LogP contribution in [0.2, 0.25) is 0 Å². The summed E-state index contributed by atoms with van der Waals surface area (Å²) in [7, 11) is 0. The third kappa shape index (κ3) is 2.00. The van der Waals surface area contributed by atoms with Crippen LogP contribution >= 0.6 is 0 Å². The number of nitrogens with zero attached hydrogens (tertiary/aromatic N) is 2. The lowest BCUT2D eigenvalue weighted by Crippen LogP contribution is -2.11. The van der Waals surface area contributed by atoms with E-state index in [-0.39, 0.29) is 0 Å². The Kier molecular flexibility index (Phi) is 2.81. The number of anilines is 1. The summed E-state index contributed by atoms with van der Waals surface area (Å²) in [6.07, 6.45) is 2.35. The molecule has 0 fully saturated rings. The van der Waals surface area contributed by atoms with E-state index in [1.807, 2.05) is 18.2 Å². The lowest BCUT2D eigenvalue weighted by molar-refractivity contribution is 0.746. The Bertz CT molecular complexity index is 461. The largest absolute Gasteiger partial charge is 0.382 e. The number of nitrogen functional groups attached to an aromatic ring is 2. The van der Waals surface area contributed by atoms with E-state index < -0.39 is 0 Å². The van der Waals surface area contributed by atoms with Crippen molar-refractivity contribution < 1.29 is 0 Å². The van der Waals surface area contributed by atoms with Crippen LogP contribution in [0.4, 0.5) is 5.82 Å². The zero-order valence-electron chi connectivity index (χ0n) is 9.30. The summed E-state index contributed by atoms with van der Waals surface area (Å²) in [6, 6.07) is 10.3. The molecule has 4 heteroatoms. The number of nitrogens with two attached hydrogens (primary N) is 2. The molecule has 0 spiro atoms. The third-order valence-corrected chi connectivity index (χ3v) is 2.78. The summed E-state index contributed by atoms with van der Waals surface area (Å²) in [5, 5.41) is 0. The summed E-state index contributed by atoms with van der Waals surface area (Å²) in [5.41, 5.74) is 7.95. The molecule has 4 N–H and O–H groups in total. The minimum Gasteiger partial charge on any atom is -0.382 e. The molecule has 1 atom stereocenters. The number of hydrogen-bond donors (Lipinski definition) is 2. The molecule has 0 radical (unpaired) electrons. The zero-order valence-corrected chi connectivity index (χ0v) is 9.30. The van der Waals surface area contributed by atoms with Gasteiger partial charge in [0.2, 0.25) is 0 Å². The second kappa shape index (κ2) is 4.26. The van der Waals surface area contributed by atoms with E-state index in [4.69, 9.17) is 11.6 Å². The molecule has 0 bridgehead atoms. The topological polar surface area (TPSA) is 69.9 Å². The molecule has 0 aliphatic heterocycles. The molecule has 1 aromatic heterocycles. The average Bonchev–Trinajstić information content (AvgIpc) is 2.62. The van der Waals surface area contributed by atoms with E-state index in [2.05, 4.69) is 24.0 Å². The molecule has 4 nitrogen and oxygen atoms in total. The molecule has 0 amide bonds. The van der Waals surface area contributed by atoms with E-state index in [0.717, 1.165) is 12.1 Å². The van der Waals surface area contributed by atoms with Gasteiger partial charge in [-0.25, -0.2) is 9.66 Å². The first-order valence-corrected chi connectivity index (χ1v) is 5.30. The zero-order chi connectivity index (χ0) is 11.5. The molecule has 2 rings (SSSR count). The molecule has 2 aromatic rings. The standard InChI is InChI=1S/C12H16N4/c1-9(10-5-3-2-4-6-10)7-11-12(13)16(14)8-15-11/h2-6,8-9H,7,13-14H2,1H3. The molecule has 0 aliphatic rings. The Morgan fingerprint density at radius 3 is 2.56 bits per heavy atom. The molecule has 0 aliphatic carbocycles.